The zero-order valence-corrected chi connectivity index (χ0v) is 20.1. The van der Waals surface area contributed by atoms with Gasteiger partial charge in [0.25, 0.3) is 5.56 Å². The lowest BCUT2D eigenvalue weighted by Gasteiger charge is -2.12. The molecule has 0 amide bonds. The van der Waals surface area contributed by atoms with Crippen molar-refractivity contribution in [2.45, 2.75) is 13.1 Å². The molecule has 0 fully saturated rings. The van der Waals surface area contributed by atoms with Gasteiger partial charge in [-0.25, -0.2) is 14.5 Å². The molecule has 5 rings (SSSR count). The Morgan fingerprint density at radius 3 is 2.61 bits per heavy atom. The number of rotatable bonds is 6. The molecule has 2 heterocycles. The summed E-state index contributed by atoms with van der Waals surface area (Å²) in [4.78, 5) is 28.9. The number of carbonyl (C=O) groups is 1. The smallest absolute Gasteiger partial charge is 0.337 e. The van der Waals surface area contributed by atoms with Crippen LogP contribution in [0.3, 0.4) is 0 Å². The first-order valence-electron chi connectivity index (χ1n) is 11.2. The number of fused-ring (bicyclic) bond motifs is 1. The van der Waals surface area contributed by atoms with Gasteiger partial charge in [0.05, 0.1) is 47.5 Å². The number of nitrogens with zero attached hydrogens (tertiary/aromatic N) is 4. The molecule has 0 saturated carbocycles. The first kappa shape index (κ1) is 23.3. The highest BCUT2D eigenvalue weighted by molar-refractivity contribution is 6.33. The molecule has 2 N–H and O–H groups in total. The average molecular weight is 500 g/mol. The molecule has 5 aromatic rings. The molecule has 0 bridgehead atoms. The maximum absolute atomic E-state index is 12.6. The van der Waals surface area contributed by atoms with Gasteiger partial charge in [-0.2, -0.15) is 5.10 Å². The number of benzene rings is 3. The fourth-order valence-electron chi connectivity index (χ4n) is 4.10. The molecule has 0 radical (unpaired) electrons. The van der Waals surface area contributed by atoms with Crippen molar-refractivity contribution in [3.63, 3.8) is 0 Å². The third-order valence-corrected chi connectivity index (χ3v) is 6.21. The van der Waals surface area contributed by atoms with Crippen molar-refractivity contribution >= 4 is 34.6 Å². The summed E-state index contributed by atoms with van der Waals surface area (Å²) in [6.07, 6.45) is 0. The van der Waals surface area contributed by atoms with E-state index in [0.29, 0.717) is 34.3 Å². The second-order valence-corrected chi connectivity index (χ2v) is 8.67. The molecule has 0 spiro atoms. The number of anilines is 1. The van der Waals surface area contributed by atoms with Crippen molar-refractivity contribution in [1.29, 1.82) is 0 Å². The molecule has 0 aliphatic carbocycles. The van der Waals surface area contributed by atoms with Crippen LogP contribution < -0.4 is 11.3 Å². The summed E-state index contributed by atoms with van der Waals surface area (Å²) in [6, 6.07) is 23.4. The molecule has 0 unspecified atom stereocenters. The summed E-state index contributed by atoms with van der Waals surface area (Å²) < 4.78 is 8.06. The molecule has 3 aromatic carbocycles. The van der Waals surface area contributed by atoms with Crippen LogP contribution in [0.1, 0.15) is 21.5 Å². The van der Waals surface area contributed by atoms with Crippen LogP contribution >= 0.6 is 11.6 Å². The van der Waals surface area contributed by atoms with Crippen LogP contribution in [0.4, 0.5) is 5.95 Å². The van der Waals surface area contributed by atoms with E-state index in [4.69, 9.17) is 22.1 Å². The Labute approximate surface area is 211 Å². The standard InChI is InChI=1S/C27H22ClN5O3/c1-36-26(35)19-6-4-5-17(13-19)16-33-25(34)12-11-22(31-33)20-14-18(9-10-21(20)28)15-32-24-8-3-2-7-23(24)30-27(32)29/h2-14H,15-16H2,1H3,(H2,29,30). The molecular formula is C27H22ClN5O3. The van der Waals surface area contributed by atoms with Gasteiger partial charge in [0.1, 0.15) is 0 Å². The highest BCUT2D eigenvalue weighted by Crippen LogP contribution is 2.28. The Hall–Kier alpha value is -4.43. The third-order valence-electron chi connectivity index (χ3n) is 5.88. The first-order valence-corrected chi connectivity index (χ1v) is 11.6. The summed E-state index contributed by atoms with van der Waals surface area (Å²) in [5.41, 5.74) is 11.0. The fourth-order valence-corrected chi connectivity index (χ4v) is 4.32. The maximum Gasteiger partial charge on any atom is 0.337 e. The molecule has 0 atom stereocenters. The molecule has 0 aliphatic heterocycles. The number of methoxy groups -OCH3 is 1. The second-order valence-electron chi connectivity index (χ2n) is 8.27. The van der Waals surface area contributed by atoms with Crippen molar-refractivity contribution in [2.24, 2.45) is 0 Å². The van der Waals surface area contributed by atoms with Gasteiger partial charge in [-0.3, -0.25) is 4.79 Å². The Balaban J connectivity index is 1.48. The molecule has 8 nitrogen and oxygen atoms in total. The molecule has 9 heteroatoms. The van der Waals surface area contributed by atoms with E-state index in [0.717, 1.165) is 22.2 Å². The molecule has 2 aromatic heterocycles. The van der Waals surface area contributed by atoms with E-state index in [1.165, 1.54) is 17.9 Å². The number of ether oxygens (including phenoxy) is 1. The van der Waals surface area contributed by atoms with Crippen LogP contribution in [0.5, 0.6) is 0 Å². The number of para-hydroxylation sites is 2. The SMILES string of the molecule is COC(=O)c1cccc(Cn2nc(-c3cc(Cn4c(N)nc5ccccc54)ccc3Cl)ccc2=O)c1. The lowest BCUT2D eigenvalue weighted by molar-refractivity contribution is 0.0600. The van der Waals surface area contributed by atoms with E-state index >= 15 is 0 Å². The normalized spacial score (nSPS) is 11.1. The van der Waals surface area contributed by atoms with Gasteiger partial charge in [-0.15, -0.1) is 0 Å². The molecule has 36 heavy (non-hydrogen) atoms. The highest BCUT2D eigenvalue weighted by atomic mass is 35.5. The van der Waals surface area contributed by atoms with Gasteiger partial charge >= 0.3 is 5.97 Å². The zero-order valence-electron chi connectivity index (χ0n) is 19.4. The van der Waals surface area contributed by atoms with E-state index in [1.54, 1.807) is 30.3 Å². The van der Waals surface area contributed by atoms with E-state index in [1.807, 2.05) is 47.0 Å². The molecule has 180 valence electrons. The van der Waals surface area contributed by atoms with Gasteiger partial charge < -0.3 is 15.0 Å². The number of imidazole rings is 1. The number of nitrogens with two attached hydrogens (primary N) is 1. The third kappa shape index (κ3) is 4.58. The number of nitrogen functional groups attached to an aromatic ring is 1. The Morgan fingerprint density at radius 2 is 1.78 bits per heavy atom. The predicted octanol–water partition coefficient (Wildman–Crippen LogP) is 4.38. The minimum absolute atomic E-state index is 0.187. The maximum atomic E-state index is 12.6. The van der Waals surface area contributed by atoms with Crippen LogP contribution in [-0.4, -0.2) is 32.4 Å². The molecule has 0 saturated heterocycles. The van der Waals surface area contributed by atoms with Gasteiger partial charge in [0, 0.05) is 11.6 Å². The Bertz CT molecular complexity index is 1660. The predicted molar refractivity (Wildman–Crippen MR) is 139 cm³/mol. The Kier molecular flexibility index (Phi) is 6.26. The van der Waals surface area contributed by atoms with Crippen molar-refractivity contribution in [3.8, 4) is 11.3 Å². The summed E-state index contributed by atoms with van der Waals surface area (Å²) in [5, 5.41) is 5.07. The number of hydrogen-bond donors (Lipinski definition) is 1. The van der Waals surface area contributed by atoms with Crippen LogP contribution in [0.2, 0.25) is 5.02 Å². The fraction of sp³-hybridized carbons (Fsp3) is 0.111. The van der Waals surface area contributed by atoms with Crippen molar-refractivity contribution in [2.75, 3.05) is 12.8 Å². The lowest BCUT2D eigenvalue weighted by atomic mass is 10.1. The van der Waals surface area contributed by atoms with Gasteiger partial charge in [0.15, 0.2) is 0 Å². The summed E-state index contributed by atoms with van der Waals surface area (Å²) >= 11 is 6.54. The van der Waals surface area contributed by atoms with Crippen molar-refractivity contribution in [1.82, 2.24) is 19.3 Å². The summed E-state index contributed by atoms with van der Waals surface area (Å²) in [7, 11) is 1.33. The van der Waals surface area contributed by atoms with Crippen LogP contribution in [0.15, 0.2) is 83.7 Å². The van der Waals surface area contributed by atoms with Crippen LogP contribution in [0, 0.1) is 0 Å². The van der Waals surface area contributed by atoms with Gasteiger partial charge in [0.2, 0.25) is 5.95 Å². The second kappa shape index (κ2) is 9.67. The van der Waals surface area contributed by atoms with Crippen molar-refractivity contribution < 1.29 is 9.53 Å². The van der Waals surface area contributed by atoms with E-state index < -0.39 is 5.97 Å². The van der Waals surface area contributed by atoms with Gasteiger partial charge in [-0.05, 0) is 53.6 Å². The molecule has 0 aliphatic rings. The average Bonchev–Trinajstić information content (AvgIpc) is 3.21. The number of halogens is 1. The number of hydrogen-bond acceptors (Lipinski definition) is 6. The topological polar surface area (TPSA) is 105 Å². The minimum atomic E-state index is -0.444. The van der Waals surface area contributed by atoms with Crippen molar-refractivity contribution in [3.05, 3.63) is 111 Å². The number of carbonyl (C=O) groups excluding carboxylic acids is 1. The van der Waals surface area contributed by atoms with Gasteiger partial charge in [-0.1, -0.05) is 41.9 Å². The molecular weight excluding hydrogens is 478 g/mol. The monoisotopic (exact) mass is 499 g/mol. The Morgan fingerprint density at radius 1 is 0.972 bits per heavy atom. The van der Waals surface area contributed by atoms with Crippen LogP contribution in [-0.2, 0) is 17.8 Å². The largest absolute Gasteiger partial charge is 0.465 e. The van der Waals surface area contributed by atoms with E-state index in [9.17, 15) is 9.59 Å². The lowest BCUT2D eigenvalue weighted by Crippen LogP contribution is -2.23. The summed E-state index contributed by atoms with van der Waals surface area (Å²) in [6.45, 7) is 0.683. The number of aromatic nitrogens is 4. The summed E-state index contributed by atoms with van der Waals surface area (Å²) in [5.74, 6) is -0.0191. The van der Waals surface area contributed by atoms with Crippen LogP contribution in [0.25, 0.3) is 22.3 Å². The quantitative estimate of drug-likeness (QED) is 0.348. The minimum Gasteiger partial charge on any atom is -0.465 e. The first-order chi connectivity index (χ1) is 17.4. The zero-order chi connectivity index (χ0) is 25.2. The van der Waals surface area contributed by atoms with E-state index in [2.05, 4.69) is 10.1 Å². The van der Waals surface area contributed by atoms with E-state index in [-0.39, 0.29) is 12.1 Å². The number of esters is 1. The highest BCUT2D eigenvalue weighted by Gasteiger charge is 2.13.